The molecule has 0 aliphatic carbocycles. The summed E-state index contributed by atoms with van der Waals surface area (Å²) in [7, 11) is 0. The Labute approximate surface area is 118 Å². The molecule has 1 aliphatic heterocycles. The fourth-order valence-electron chi connectivity index (χ4n) is 3.06. The highest BCUT2D eigenvalue weighted by molar-refractivity contribution is 5.76. The number of carbonyl (C=O) groups is 1. The number of hydrogen-bond acceptors (Lipinski definition) is 2. The summed E-state index contributed by atoms with van der Waals surface area (Å²) in [6.45, 7) is 11.6. The molecule has 3 nitrogen and oxygen atoms in total. The lowest BCUT2D eigenvalue weighted by atomic mass is 9.76. The van der Waals surface area contributed by atoms with Crippen molar-refractivity contribution in [3.05, 3.63) is 0 Å². The van der Waals surface area contributed by atoms with Crippen LogP contribution in [0.4, 0.5) is 0 Å². The average Bonchev–Trinajstić information content (AvgIpc) is 2.81. The van der Waals surface area contributed by atoms with Crippen molar-refractivity contribution in [2.45, 2.75) is 59.8 Å². The average molecular weight is 268 g/mol. The monoisotopic (exact) mass is 268 g/mol. The Hall–Kier alpha value is -0.570. The summed E-state index contributed by atoms with van der Waals surface area (Å²) in [5.41, 5.74) is 5.94. The number of hydrogen-bond donors (Lipinski definition) is 1. The Morgan fingerprint density at radius 2 is 2.05 bits per heavy atom. The van der Waals surface area contributed by atoms with Crippen LogP contribution in [0.25, 0.3) is 0 Å². The van der Waals surface area contributed by atoms with Crippen LogP contribution in [0.15, 0.2) is 0 Å². The van der Waals surface area contributed by atoms with Gasteiger partial charge in [-0.2, -0.15) is 0 Å². The van der Waals surface area contributed by atoms with E-state index >= 15 is 0 Å². The van der Waals surface area contributed by atoms with Gasteiger partial charge in [-0.15, -0.1) is 0 Å². The molecule has 1 aliphatic rings. The standard InChI is InChI=1S/C16H32N2O/c1-5-13-9-11-18(12-13)15(19)7-6-14(8-10-17)16(2,3)4/h13-14H,5-12,17H2,1-4H3. The molecule has 3 heteroatoms. The first-order chi connectivity index (χ1) is 8.88. The van der Waals surface area contributed by atoms with Gasteiger partial charge < -0.3 is 10.6 Å². The van der Waals surface area contributed by atoms with Crippen molar-refractivity contribution in [3.8, 4) is 0 Å². The molecular formula is C16H32N2O. The minimum Gasteiger partial charge on any atom is -0.342 e. The van der Waals surface area contributed by atoms with E-state index in [2.05, 4.69) is 32.6 Å². The minimum atomic E-state index is 0.247. The molecule has 1 heterocycles. The van der Waals surface area contributed by atoms with Gasteiger partial charge in [0, 0.05) is 19.5 Å². The van der Waals surface area contributed by atoms with Crippen LogP contribution in [-0.2, 0) is 4.79 Å². The van der Waals surface area contributed by atoms with E-state index in [1.54, 1.807) is 0 Å². The van der Waals surface area contributed by atoms with Crippen LogP contribution in [0.5, 0.6) is 0 Å². The molecule has 1 fully saturated rings. The van der Waals surface area contributed by atoms with Crippen LogP contribution < -0.4 is 5.73 Å². The fraction of sp³-hybridized carbons (Fsp3) is 0.938. The summed E-state index contributed by atoms with van der Waals surface area (Å²) >= 11 is 0. The van der Waals surface area contributed by atoms with Crippen LogP contribution in [0.3, 0.4) is 0 Å². The number of nitrogens with two attached hydrogens (primary N) is 1. The molecule has 0 spiro atoms. The molecule has 19 heavy (non-hydrogen) atoms. The Kier molecular flexibility index (Phi) is 6.31. The van der Waals surface area contributed by atoms with E-state index in [4.69, 9.17) is 5.73 Å². The van der Waals surface area contributed by atoms with Crippen molar-refractivity contribution in [2.75, 3.05) is 19.6 Å². The van der Waals surface area contributed by atoms with Gasteiger partial charge in [-0.05, 0) is 43.1 Å². The van der Waals surface area contributed by atoms with Crippen LogP contribution in [0, 0.1) is 17.3 Å². The third kappa shape index (κ3) is 5.13. The van der Waals surface area contributed by atoms with Crippen LogP contribution >= 0.6 is 0 Å². The molecule has 0 aromatic rings. The van der Waals surface area contributed by atoms with Gasteiger partial charge in [0.15, 0.2) is 0 Å². The second kappa shape index (κ2) is 7.28. The van der Waals surface area contributed by atoms with E-state index in [-0.39, 0.29) is 5.41 Å². The summed E-state index contributed by atoms with van der Waals surface area (Å²) in [4.78, 5) is 14.3. The molecule has 0 aromatic carbocycles. The second-order valence-electron chi connectivity index (χ2n) is 7.08. The van der Waals surface area contributed by atoms with Crippen molar-refractivity contribution in [3.63, 3.8) is 0 Å². The Morgan fingerprint density at radius 1 is 1.37 bits per heavy atom. The van der Waals surface area contributed by atoms with Gasteiger partial charge in [-0.3, -0.25) is 4.79 Å². The van der Waals surface area contributed by atoms with Crippen LogP contribution in [0.2, 0.25) is 0 Å². The molecule has 112 valence electrons. The normalized spacial score (nSPS) is 21.7. The third-order valence-electron chi connectivity index (χ3n) is 4.66. The Bertz CT molecular complexity index is 283. The Morgan fingerprint density at radius 3 is 2.53 bits per heavy atom. The summed E-state index contributed by atoms with van der Waals surface area (Å²) in [5, 5.41) is 0. The Balaban J connectivity index is 2.40. The lowest BCUT2D eigenvalue weighted by molar-refractivity contribution is -0.130. The van der Waals surface area contributed by atoms with Gasteiger partial charge in [0.25, 0.3) is 0 Å². The molecule has 2 unspecified atom stereocenters. The molecule has 0 radical (unpaired) electrons. The summed E-state index contributed by atoms with van der Waals surface area (Å²) in [6.07, 6.45) is 5.08. The fourth-order valence-corrected chi connectivity index (χ4v) is 3.06. The third-order valence-corrected chi connectivity index (χ3v) is 4.66. The van der Waals surface area contributed by atoms with Crippen molar-refractivity contribution in [2.24, 2.45) is 23.0 Å². The molecule has 1 saturated heterocycles. The van der Waals surface area contributed by atoms with E-state index in [0.29, 0.717) is 18.2 Å². The summed E-state index contributed by atoms with van der Waals surface area (Å²) in [5.74, 6) is 1.62. The predicted octanol–water partition coefficient (Wildman–Crippen LogP) is 3.04. The zero-order valence-corrected chi connectivity index (χ0v) is 13.2. The lowest BCUT2D eigenvalue weighted by Gasteiger charge is -2.31. The van der Waals surface area contributed by atoms with E-state index in [9.17, 15) is 4.79 Å². The molecule has 2 atom stereocenters. The first kappa shape index (κ1) is 16.5. The zero-order valence-electron chi connectivity index (χ0n) is 13.2. The zero-order chi connectivity index (χ0) is 14.5. The molecular weight excluding hydrogens is 236 g/mol. The topological polar surface area (TPSA) is 46.3 Å². The maximum Gasteiger partial charge on any atom is 0.222 e. The number of rotatable bonds is 6. The van der Waals surface area contributed by atoms with Gasteiger partial charge in [0.1, 0.15) is 0 Å². The van der Waals surface area contributed by atoms with Crippen LogP contribution in [-0.4, -0.2) is 30.4 Å². The van der Waals surface area contributed by atoms with Crippen molar-refractivity contribution in [1.82, 2.24) is 4.90 Å². The largest absolute Gasteiger partial charge is 0.342 e. The van der Waals surface area contributed by atoms with Gasteiger partial charge in [0.2, 0.25) is 5.91 Å². The second-order valence-corrected chi connectivity index (χ2v) is 7.08. The lowest BCUT2D eigenvalue weighted by Crippen LogP contribution is -2.30. The molecule has 0 aromatic heterocycles. The quantitative estimate of drug-likeness (QED) is 0.805. The van der Waals surface area contributed by atoms with E-state index in [1.807, 2.05) is 0 Å². The van der Waals surface area contributed by atoms with E-state index in [0.717, 1.165) is 38.4 Å². The van der Waals surface area contributed by atoms with Gasteiger partial charge in [-0.1, -0.05) is 34.1 Å². The number of amides is 1. The van der Waals surface area contributed by atoms with Crippen molar-refractivity contribution in [1.29, 1.82) is 0 Å². The van der Waals surface area contributed by atoms with Crippen molar-refractivity contribution < 1.29 is 4.79 Å². The predicted molar refractivity (Wildman–Crippen MR) is 80.8 cm³/mol. The first-order valence-corrected chi connectivity index (χ1v) is 7.86. The number of nitrogens with zero attached hydrogens (tertiary/aromatic N) is 1. The molecule has 0 bridgehead atoms. The van der Waals surface area contributed by atoms with Gasteiger partial charge in [0.05, 0.1) is 0 Å². The smallest absolute Gasteiger partial charge is 0.222 e. The number of likely N-dealkylation sites (tertiary alicyclic amines) is 1. The van der Waals surface area contributed by atoms with Crippen LogP contribution in [0.1, 0.15) is 59.8 Å². The molecule has 0 saturated carbocycles. The maximum absolute atomic E-state index is 12.2. The summed E-state index contributed by atoms with van der Waals surface area (Å²) < 4.78 is 0. The number of carbonyl (C=O) groups excluding carboxylic acids is 1. The molecule has 2 N–H and O–H groups in total. The minimum absolute atomic E-state index is 0.247. The highest BCUT2D eigenvalue weighted by Crippen LogP contribution is 2.32. The molecule has 1 amide bonds. The summed E-state index contributed by atoms with van der Waals surface area (Å²) in [6, 6.07) is 0. The first-order valence-electron chi connectivity index (χ1n) is 7.86. The van der Waals surface area contributed by atoms with E-state index in [1.165, 1.54) is 12.8 Å². The van der Waals surface area contributed by atoms with Crippen molar-refractivity contribution >= 4 is 5.91 Å². The SMILES string of the molecule is CCC1CCN(C(=O)CCC(CCN)C(C)(C)C)C1. The van der Waals surface area contributed by atoms with Gasteiger partial charge >= 0.3 is 0 Å². The van der Waals surface area contributed by atoms with E-state index < -0.39 is 0 Å². The van der Waals surface area contributed by atoms with Gasteiger partial charge in [-0.25, -0.2) is 0 Å². The highest BCUT2D eigenvalue weighted by atomic mass is 16.2. The highest BCUT2D eigenvalue weighted by Gasteiger charge is 2.28. The molecule has 1 rings (SSSR count). The maximum atomic E-state index is 12.2.